The van der Waals surface area contributed by atoms with Crippen LogP contribution in [-0.2, 0) is 9.59 Å². The van der Waals surface area contributed by atoms with Gasteiger partial charge < -0.3 is 10.0 Å². The number of carboxylic acid groups (broad SMARTS) is 1. The summed E-state index contributed by atoms with van der Waals surface area (Å²) in [6.45, 7) is 2.73. The lowest BCUT2D eigenvalue weighted by atomic mass is 9.81. The molecule has 1 amide bonds. The molecule has 0 saturated heterocycles. The summed E-state index contributed by atoms with van der Waals surface area (Å²) in [4.78, 5) is 29.4. The van der Waals surface area contributed by atoms with Crippen molar-refractivity contribution in [3.8, 4) is 0 Å². The van der Waals surface area contributed by atoms with Gasteiger partial charge in [0.1, 0.15) is 0 Å². The second kappa shape index (κ2) is 7.02. The molecule has 1 aromatic rings. The van der Waals surface area contributed by atoms with Crippen LogP contribution in [-0.4, -0.2) is 40.5 Å². The van der Waals surface area contributed by atoms with Crippen LogP contribution in [0.4, 0.5) is 0 Å². The lowest BCUT2D eigenvalue weighted by molar-refractivity contribution is -0.145. The van der Waals surface area contributed by atoms with Gasteiger partial charge in [-0.3, -0.25) is 9.59 Å². The van der Waals surface area contributed by atoms with E-state index in [2.05, 4.69) is 11.9 Å². The number of aromatic nitrogens is 1. The highest BCUT2D eigenvalue weighted by Gasteiger charge is 2.31. The van der Waals surface area contributed by atoms with Gasteiger partial charge in [-0.2, -0.15) is 0 Å². The van der Waals surface area contributed by atoms with Crippen molar-refractivity contribution < 1.29 is 14.7 Å². The average molecular weight is 310 g/mol. The summed E-state index contributed by atoms with van der Waals surface area (Å²) >= 11 is 1.61. The molecule has 1 aliphatic carbocycles. The molecule has 1 atom stereocenters. The van der Waals surface area contributed by atoms with Crippen LogP contribution in [0.25, 0.3) is 0 Å². The predicted octanol–water partition coefficient (Wildman–Crippen LogP) is 2.60. The number of thiazole rings is 1. The molecule has 5 nitrogen and oxygen atoms in total. The van der Waals surface area contributed by atoms with Crippen LogP contribution in [0, 0.1) is 11.8 Å². The van der Waals surface area contributed by atoms with E-state index >= 15 is 0 Å². The van der Waals surface area contributed by atoms with Gasteiger partial charge in [0, 0.05) is 37.0 Å². The molecule has 0 spiro atoms. The first kappa shape index (κ1) is 15.9. The topological polar surface area (TPSA) is 70.5 Å². The molecule has 116 valence electrons. The van der Waals surface area contributed by atoms with Crippen LogP contribution in [0.15, 0.2) is 11.6 Å². The fourth-order valence-electron chi connectivity index (χ4n) is 2.96. The summed E-state index contributed by atoms with van der Waals surface area (Å²) in [5.74, 6) is -0.647. The van der Waals surface area contributed by atoms with Crippen molar-refractivity contribution in [1.82, 2.24) is 9.88 Å². The first-order valence-corrected chi connectivity index (χ1v) is 8.24. The zero-order valence-corrected chi connectivity index (χ0v) is 13.3. The van der Waals surface area contributed by atoms with Gasteiger partial charge in [-0.1, -0.05) is 6.92 Å². The number of carboxylic acids is 1. The number of amides is 1. The maximum Gasteiger partial charge on any atom is 0.306 e. The van der Waals surface area contributed by atoms with Gasteiger partial charge in [-0.15, -0.1) is 11.3 Å². The second-order valence-electron chi connectivity index (χ2n) is 5.88. The van der Waals surface area contributed by atoms with E-state index < -0.39 is 5.97 Å². The Morgan fingerprint density at radius 3 is 2.52 bits per heavy atom. The molecule has 0 aliphatic heterocycles. The second-order valence-corrected chi connectivity index (χ2v) is 6.80. The predicted molar refractivity (Wildman–Crippen MR) is 81.2 cm³/mol. The molecule has 0 bridgehead atoms. The van der Waals surface area contributed by atoms with E-state index in [1.807, 2.05) is 12.4 Å². The Kier molecular flexibility index (Phi) is 5.33. The maximum atomic E-state index is 12.4. The number of nitrogens with zero attached hydrogens (tertiary/aromatic N) is 2. The summed E-state index contributed by atoms with van der Waals surface area (Å²) in [5.41, 5.74) is 0. The molecule has 1 saturated carbocycles. The van der Waals surface area contributed by atoms with E-state index in [1.54, 1.807) is 22.4 Å². The number of carbonyl (C=O) groups excluding carboxylic acids is 1. The molecule has 0 aromatic carbocycles. The summed E-state index contributed by atoms with van der Waals surface area (Å²) in [6, 6.07) is 0. The summed E-state index contributed by atoms with van der Waals surface area (Å²) in [5, 5.41) is 12.0. The van der Waals surface area contributed by atoms with Crippen molar-refractivity contribution >= 4 is 23.2 Å². The normalized spacial score (nSPS) is 23.5. The van der Waals surface area contributed by atoms with E-state index in [0.717, 1.165) is 5.01 Å². The molecule has 0 radical (unpaired) electrons. The van der Waals surface area contributed by atoms with E-state index in [-0.39, 0.29) is 23.7 Å². The summed E-state index contributed by atoms with van der Waals surface area (Å²) in [7, 11) is 1.83. The minimum absolute atomic E-state index is 0.0194. The zero-order chi connectivity index (χ0) is 15.4. The van der Waals surface area contributed by atoms with Crippen molar-refractivity contribution in [3.05, 3.63) is 16.6 Å². The smallest absolute Gasteiger partial charge is 0.306 e. The molecule has 1 aliphatic rings. The van der Waals surface area contributed by atoms with E-state index in [9.17, 15) is 9.59 Å². The Bertz CT molecular complexity index is 481. The highest BCUT2D eigenvalue weighted by molar-refractivity contribution is 7.09. The van der Waals surface area contributed by atoms with Crippen molar-refractivity contribution in [2.75, 3.05) is 13.6 Å². The summed E-state index contributed by atoms with van der Waals surface area (Å²) < 4.78 is 0. The first-order chi connectivity index (χ1) is 9.99. The van der Waals surface area contributed by atoms with Crippen LogP contribution in [0.3, 0.4) is 0 Å². The standard InChI is InChI=1S/C15H22N2O3S/c1-10(13-16-7-8-21-13)9-17(2)14(18)11-3-5-12(6-4-11)15(19)20/h7-8,10-12H,3-6,9H2,1-2H3,(H,19,20). The Labute approximate surface area is 129 Å². The SMILES string of the molecule is CC(CN(C)C(=O)C1CCC(C(=O)O)CC1)c1nccs1. The largest absolute Gasteiger partial charge is 0.481 e. The van der Waals surface area contributed by atoms with Gasteiger partial charge in [0.05, 0.1) is 10.9 Å². The lowest BCUT2D eigenvalue weighted by Gasteiger charge is -2.29. The molecule has 21 heavy (non-hydrogen) atoms. The van der Waals surface area contributed by atoms with Crippen molar-refractivity contribution in [2.24, 2.45) is 11.8 Å². The van der Waals surface area contributed by atoms with Gasteiger partial charge in [0.2, 0.25) is 5.91 Å². The number of likely N-dealkylation sites (N-methyl/N-ethyl adjacent to an activating group) is 1. The number of hydrogen-bond acceptors (Lipinski definition) is 4. The van der Waals surface area contributed by atoms with Crippen LogP contribution in [0.1, 0.15) is 43.5 Å². The van der Waals surface area contributed by atoms with Gasteiger partial charge in [-0.25, -0.2) is 4.98 Å². The van der Waals surface area contributed by atoms with Gasteiger partial charge >= 0.3 is 5.97 Å². The van der Waals surface area contributed by atoms with Crippen LogP contribution < -0.4 is 0 Å². The number of hydrogen-bond donors (Lipinski definition) is 1. The zero-order valence-electron chi connectivity index (χ0n) is 12.5. The number of aliphatic carboxylic acids is 1. The lowest BCUT2D eigenvalue weighted by Crippen LogP contribution is -2.37. The molecule has 1 aromatic heterocycles. The molecule has 1 unspecified atom stereocenters. The van der Waals surface area contributed by atoms with Crippen molar-refractivity contribution in [3.63, 3.8) is 0 Å². The molecular formula is C15H22N2O3S. The molecular weight excluding hydrogens is 288 g/mol. The number of carbonyl (C=O) groups is 2. The molecule has 1 N–H and O–H groups in total. The van der Waals surface area contributed by atoms with Crippen LogP contribution in [0.2, 0.25) is 0 Å². The molecule has 2 rings (SSSR count). The fourth-order valence-corrected chi connectivity index (χ4v) is 3.65. The van der Waals surface area contributed by atoms with Crippen LogP contribution in [0.5, 0.6) is 0 Å². The Morgan fingerprint density at radius 2 is 2.00 bits per heavy atom. The molecule has 1 fully saturated rings. The van der Waals surface area contributed by atoms with Gasteiger partial charge in [0.15, 0.2) is 0 Å². The maximum absolute atomic E-state index is 12.4. The quantitative estimate of drug-likeness (QED) is 0.907. The fraction of sp³-hybridized carbons (Fsp3) is 0.667. The van der Waals surface area contributed by atoms with Crippen LogP contribution >= 0.6 is 11.3 Å². The monoisotopic (exact) mass is 310 g/mol. The van der Waals surface area contributed by atoms with Crippen molar-refractivity contribution in [2.45, 2.75) is 38.5 Å². The highest BCUT2D eigenvalue weighted by Crippen LogP contribution is 2.30. The minimum atomic E-state index is -0.730. The average Bonchev–Trinajstić information content (AvgIpc) is 3.00. The van der Waals surface area contributed by atoms with E-state index in [1.165, 1.54) is 0 Å². The number of rotatable bonds is 5. The first-order valence-electron chi connectivity index (χ1n) is 7.36. The van der Waals surface area contributed by atoms with Gasteiger partial charge in [0.25, 0.3) is 0 Å². The summed E-state index contributed by atoms with van der Waals surface area (Å²) in [6.07, 6.45) is 4.38. The highest BCUT2D eigenvalue weighted by atomic mass is 32.1. The molecule has 1 heterocycles. The molecule has 6 heteroatoms. The van der Waals surface area contributed by atoms with E-state index in [0.29, 0.717) is 32.2 Å². The Hall–Kier alpha value is -1.43. The Morgan fingerprint density at radius 1 is 1.38 bits per heavy atom. The van der Waals surface area contributed by atoms with E-state index in [4.69, 9.17) is 5.11 Å². The minimum Gasteiger partial charge on any atom is -0.481 e. The van der Waals surface area contributed by atoms with Gasteiger partial charge in [-0.05, 0) is 25.7 Å². The van der Waals surface area contributed by atoms with Crippen molar-refractivity contribution in [1.29, 1.82) is 0 Å². The Balaban J connectivity index is 1.84. The third-order valence-corrected chi connectivity index (χ3v) is 5.23. The third-order valence-electron chi connectivity index (χ3n) is 4.22. The third kappa shape index (κ3) is 4.03.